The number of amides is 1. The van der Waals surface area contributed by atoms with Gasteiger partial charge in [0, 0.05) is 19.2 Å². The van der Waals surface area contributed by atoms with Gasteiger partial charge in [0.1, 0.15) is 11.5 Å². The van der Waals surface area contributed by atoms with Crippen LogP contribution in [0.4, 0.5) is 13.2 Å². The SMILES string of the molecule is O=C(NS(=O)(=O)C1CC1)C1CCN(CCCOc2cc(C(F)(F)F)ccc2-c2cc(=O)c3cccc(Cl)c3o2)C1. The maximum atomic E-state index is 13.4. The Labute approximate surface area is 233 Å². The summed E-state index contributed by atoms with van der Waals surface area (Å²) in [7, 11) is -3.60. The molecule has 1 amide bonds. The van der Waals surface area contributed by atoms with E-state index in [1.807, 2.05) is 4.90 Å². The number of halogens is 4. The zero-order valence-electron chi connectivity index (χ0n) is 21.2. The molecule has 13 heteroatoms. The van der Waals surface area contributed by atoms with Crippen molar-refractivity contribution < 1.29 is 35.5 Å². The smallest absolute Gasteiger partial charge is 0.416 e. The first kappa shape index (κ1) is 28.4. The second-order valence-corrected chi connectivity index (χ2v) is 12.4. The van der Waals surface area contributed by atoms with Crippen molar-refractivity contribution in [3.63, 3.8) is 0 Å². The summed E-state index contributed by atoms with van der Waals surface area (Å²) in [6.45, 7) is 1.51. The summed E-state index contributed by atoms with van der Waals surface area (Å²) < 4.78 is 78.2. The molecule has 1 aliphatic carbocycles. The Bertz CT molecular complexity index is 1600. The Morgan fingerprint density at radius 1 is 1.15 bits per heavy atom. The van der Waals surface area contributed by atoms with Crippen LogP contribution in [0.3, 0.4) is 0 Å². The van der Waals surface area contributed by atoms with Gasteiger partial charge in [-0.25, -0.2) is 8.42 Å². The average molecular weight is 599 g/mol. The van der Waals surface area contributed by atoms with Gasteiger partial charge in [0.15, 0.2) is 11.0 Å². The van der Waals surface area contributed by atoms with E-state index >= 15 is 0 Å². The van der Waals surface area contributed by atoms with E-state index in [0.29, 0.717) is 45.3 Å². The van der Waals surface area contributed by atoms with Crippen molar-refractivity contribution in [2.24, 2.45) is 5.92 Å². The number of para-hydroxylation sites is 1. The van der Waals surface area contributed by atoms with Crippen molar-refractivity contribution in [1.29, 1.82) is 0 Å². The highest BCUT2D eigenvalue weighted by molar-refractivity contribution is 7.90. The fraction of sp³-hybridized carbons (Fsp3) is 0.407. The van der Waals surface area contributed by atoms with Gasteiger partial charge >= 0.3 is 6.18 Å². The molecular weight excluding hydrogens is 573 g/mol. The molecule has 1 N–H and O–H groups in total. The van der Waals surface area contributed by atoms with Crippen molar-refractivity contribution in [3.8, 4) is 17.1 Å². The van der Waals surface area contributed by atoms with Crippen LogP contribution in [-0.4, -0.2) is 50.7 Å². The second-order valence-electron chi connectivity index (χ2n) is 10.00. The first-order valence-corrected chi connectivity index (χ1v) is 14.7. The van der Waals surface area contributed by atoms with Gasteiger partial charge in [-0.15, -0.1) is 0 Å². The third-order valence-corrected chi connectivity index (χ3v) is 9.14. The molecule has 40 heavy (non-hydrogen) atoms. The molecule has 1 unspecified atom stereocenters. The van der Waals surface area contributed by atoms with E-state index in [2.05, 4.69) is 4.72 Å². The van der Waals surface area contributed by atoms with E-state index in [1.54, 1.807) is 18.2 Å². The molecule has 2 aromatic carbocycles. The average Bonchev–Trinajstić information content (AvgIpc) is 3.66. The molecule has 1 saturated carbocycles. The molecule has 1 aliphatic heterocycles. The Hall–Kier alpha value is -3.09. The minimum Gasteiger partial charge on any atom is -0.493 e. The van der Waals surface area contributed by atoms with Crippen LogP contribution in [0.25, 0.3) is 22.3 Å². The highest BCUT2D eigenvalue weighted by Gasteiger charge is 2.39. The molecule has 214 valence electrons. The highest BCUT2D eigenvalue weighted by Crippen LogP contribution is 2.38. The van der Waals surface area contributed by atoms with Crippen molar-refractivity contribution in [3.05, 3.63) is 63.3 Å². The largest absolute Gasteiger partial charge is 0.493 e. The third kappa shape index (κ3) is 6.29. The molecule has 1 aromatic heterocycles. The second kappa shape index (κ2) is 11.1. The number of carbonyl (C=O) groups is 1. The van der Waals surface area contributed by atoms with E-state index in [-0.39, 0.29) is 39.7 Å². The van der Waals surface area contributed by atoms with Gasteiger partial charge in [0.2, 0.25) is 15.9 Å². The van der Waals surface area contributed by atoms with Crippen LogP contribution in [0.1, 0.15) is 31.2 Å². The van der Waals surface area contributed by atoms with Gasteiger partial charge in [0.25, 0.3) is 0 Å². The van der Waals surface area contributed by atoms with Crippen LogP contribution < -0.4 is 14.9 Å². The summed E-state index contributed by atoms with van der Waals surface area (Å²) >= 11 is 6.18. The van der Waals surface area contributed by atoms with E-state index in [0.717, 1.165) is 12.1 Å². The van der Waals surface area contributed by atoms with Crippen LogP contribution in [0.5, 0.6) is 5.75 Å². The molecule has 1 saturated heterocycles. The predicted octanol–water partition coefficient (Wildman–Crippen LogP) is 4.83. The van der Waals surface area contributed by atoms with Gasteiger partial charge in [-0.05, 0) is 62.6 Å². The number of fused-ring (bicyclic) bond motifs is 1. The summed E-state index contributed by atoms with van der Waals surface area (Å²) in [6, 6.07) is 8.81. The number of hydrogen-bond acceptors (Lipinski definition) is 7. The molecule has 2 fully saturated rings. The molecule has 0 bridgehead atoms. The minimum atomic E-state index is -4.61. The number of sulfonamides is 1. The molecule has 0 spiro atoms. The molecule has 3 aromatic rings. The molecule has 5 rings (SSSR count). The van der Waals surface area contributed by atoms with Crippen LogP contribution >= 0.6 is 11.6 Å². The van der Waals surface area contributed by atoms with Crippen molar-refractivity contribution in [2.45, 2.75) is 37.1 Å². The van der Waals surface area contributed by atoms with E-state index in [9.17, 15) is 31.2 Å². The number of ether oxygens (including phenoxy) is 1. The monoisotopic (exact) mass is 598 g/mol. The molecule has 8 nitrogen and oxygen atoms in total. The Kier molecular flexibility index (Phi) is 7.86. The number of nitrogens with zero attached hydrogens (tertiary/aromatic N) is 1. The number of likely N-dealkylation sites (tertiary alicyclic amines) is 1. The van der Waals surface area contributed by atoms with Gasteiger partial charge in [-0.1, -0.05) is 17.7 Å². The maximum Gasteiger partial charge on any atom is 0.416 e. The standard InChI is InChI=1S/C27H26ClF3N2O6S/c28-21-4-1-3-19-22(34)14-24(39-25(19)21)20-8-5-17(27(29,30)31)13-23(20)38-12-2-10-33-11-9-16(15-33)26(35)32-40(36,37)18-6-7-18/h1,3-5,8,13-14,16,18H,2,6-7,9-12,15H2,(H,32,35). The van der Waals surface area contributed by atoms with Crippen molar-refractivity contribution in [1.82, 2.24) is 9.62 Å². The van der Waals surface area contributed by atoms with Gasteiger partial charge in [-0.2, -0.15) is 13.2 Å². The van der Waals surface area contributed by atoms with Crippen LogP contribution in [0.2, 0.25) is 5.02 Å². The number of hydrogen-bond donors (Lipinski definition) is 1. The number of benzene rings is 2. The molecule has 2 aliphatic rings. The van der Waals surface area contributed by atoms with Gasteiger partial charge < -0.3 is 14.1 Å². The molecule has 2 heterocycles. The Balaban J connectivity index is 1.26. The van der Waals surface area contributed by atoms with E-state index in [4.69, 9.17) is 20.8 Å². The quantitative estimate of drug-likeness (QED) is 0.352. The highest BCUT2D eigenvalue weighted by atomic mass is 35.5. The lowest BCUT2D eigenvalue weighted by atomic mass is 10.1. The topological polar surface area (TPSA) is 106 Å². The summed E-state index contributed by atoms with van der Waals surface area (Å²) in [5.41, 5.74) is -1.03. The summed E-state index contributed by atoms with van der Waals surface area (Å²) in [6.07, 6.45) is -2.55. The van der Waals surface area contributed by atoms with Crippen molar-refractivity contribution in [2.75, 3.05) is 26.2 Å². The lowest BCUT2D eigenvalue weighted by Gasteiger charge is -2.17. The Morgan fingerprint density at radius 2 is 1.93 bits per heavy atom. The number of rotatable bonds is 9. The summed E-state index contributed by atoms with van der Waals surface area (Å²) in [4.78, 5) is 27.0. The predicted molar refractivity (Wildman–Crippen MR) is 143 cm³/mol. The number of carbonyl (C=O) groups excluding carboxylic acids is 1. The number of alkyl halides is 3. The fourth-order valence-corrected chi connectivity index (χ4v) is 6.29. The lowest BCUT2D eigenvalue weighted by Crippen LogP contribution is -2.38. The number of nitrogens with one attached hydrogen (secondary N) is 1. The normalized spacial score (nSPS) is 18.2. The lowest BCUT2D eigenvalue weighted by molar-refractivity contribution is -0.137. The maximum absolute atomic E-state index is 13.4. The third-order valence-electron chi connectivity index (χ3n) is 7.01. The molecule has 1 atom stereocenters. The summed E-state index contributed by atoms with van der Waals surface area (Å²) in [5, 5.41) is -0.0478. The van der Waals surface area contributed by atoms with E-state index in [1.165, 1.54) is 12.1 Å². The molecular formula is C27H26ClF3N2O6S. The Morgan fingerprint density at radius 3 is 2.65 bits per heavy atom. The van der Waals surface area contributed by atoms with Crippen molar-refractivity contribution >= 4 is 38.5 Å². The zero-order chi connectivity index (χ0) is 28.7. The van der Waals surface area contributed by atoms with Crippen LogP contribution in [-0.2, 0) is 21.0 Å². The molecule has 0 radical (unpaired) electrons. The summed E-state index contributed by atoms with van der Waals surface area (Å²) in [5.74, 6) is -1.04. The first-order valence-electron chi connectivity index (χ1n) is 12.8. The van der Waals surface area contributed by atoms with E-state index < -0.39 is 44.3 Å². The minimum absolute atomic E-state index is 0.0175. The fourth-order valence-electron chi connectivity index (χ4n) is 4.70. The first-order chi connectivity index (χ1) is 18.9. The van der Waals surface area contributed by atoms with Crippen LogP contribution in [0.15, 0.2) is 51.7 Å². The van der Waals surface area contributed by atoms with Crippen LogP contribution in [0, 0.1) is 5.92 Å². The van der Waals surface area contributed by atoms with Gasteiger partial charge in [-0.3, -0.25) is 14.3 Å². The van der Waals surface area contributed by atoms with Gasteiger partial charge in [0.05, 0.1) is 39.3 Å². The zero-order valence-corrected chi connectivity index (χ0v) is 22.7.